The maximum atomic E-state index is 12.8. The lowest BCUT2D eigenvalue weighted by Gasteiger charge is -2.15. The number of ether oxygens (including phenoxy) is 2. The molecular formula is C20H18ClN3O6. The van der Waals surface area contributed by atoms with Crippen LogP contribution in [-0.4, -0.2) is 30.5 Å². The smallest absolute Gasteiger partial charge is 0.315 e. The summed E-state index contributed by atoms with van der Waals surface area (Å²) < 4.78 is 10.5. The number of nitro benzene ring substituents is 1. The lowest BCUT2D eigenvalue weighted by atomic mass is 10.1. The average molecular weight is 432 g/mol. The number of rotatable bonds is 6. The molecule has 30 heavy (non-hydrogen) atoms. The Morgan fingerprint density at radius 2 is 2.00 bits per heavy atom. The summed E-state index contributed by atoms with van der Waals surface area (Å²) in [5.41, 5.74) is 3.39. The highest BCUT2D eigenvalue weighted by Crippen LogP contribution is 2.39. The Kier molecular flexibility index (Phi) is 5.93. The number of carbonyl (C=O) groups excluding carboxylic acids is 2. The minimum atomic E-state index is -0.646. The second-order valence-electron chi connectivity index (χ2n) is 6.33. The topological polar surface area (TPSA) is 111 Å². The molecule has 1 N–H and O–H groups in total. The van der Waals surface area contributed by atoms with E-state index >= 15 is 0 Å². The molecule has 1 fully saturated rings. The summed E-state index contributed by atoms with van der Waals surface area (Å²) in [5, 5.41) is 13.0. The third-order valence-electron chi connectivity index (χ3n) is 4.38. The lowest BCUT2D eigenvalue weighted by molar-refractivity contribution is -0.385. The summed E-state index contributed by atoms with van der Waals surface area (Å²) in [7, 11) is 1.34. The van der Waals surface area contributed by atoms with Crippen LogP contribution < -0.4 is 19.9 Å². The Morgan fingerprint density at radius 1 is 1.27 bits per heavy atom. The summed E-state index contributed by atoms with van der Waals surface area (Å²) in [6.07, 6.45) is 1.26. The van der Waals surface area contributed by atoms with Crippen LogP contribution in [0.4, 0.5) is 11.4 Å². The van der Waals surface area contributed by atoms with E-state index in [4.69, 9.17) is 21.1 Å². The normalized spacial score (nSPS) is 14.8. The minimum absolute atomic E-state index is 0.0229. The molecule has 0 aliphatic carbocycles. The van der Waals surface area contributed by atoms with Crippen LogP contribution in [0.15, 0.2) is 35.9 Å². The molecular weight excluding hydrogens is 414 g/mol. The zero-order valence-corrected chi connectivity index (χ0v) is 17.1. The van der Waals surface area contributed by atoms with E-state index in [1.807, 2.05) is 6.92 Å². The van der Waals surface area contributed by atoms with Crippen molar-refractivity contribution in [3.63, 3.8) is 0 Å². The number of nitrogens with one attached hydrogen (secondary N) is 1. The number of anilines is 1. The first kappa shape index (κ1) is 21.1. The van der Waals surface area contributed by atoms with Gasteiger partial charge in [0.2, 0.25) is 5.75 Å². The summed E-state index contributed by atoms with van der Waals surface area (Å²) in [6.45, 7) is 3.70. The summed E-state index contributed by atoms with van der Waals surface area (Å²) >= 11 is 6.11. The van der Waals surface area contributed by atoms with Crippen molar-refractivity contribution in [1.82, 2.24) is 5.43 Å². The molecule has 0 spiro atoms. The number of halogens is 1. The van der Waals surface area contributed by atoms with E-state index in [0.29, 0.717) is 10.7 Å². The predicted molar refractivity (Wildman–Crippen MR) is 111 cm³/mol. The number of aryl methyl sites for hydroxylation is 1. The van der Waals surface area contributed by atoms with E-state index in [2.05, 4.69) is 5.43 Å². The maximum absolute atomic E-state index is 12.8. The van der Waals surface area contributed by atoms with Crippen molar-refractivity contribution >= 4 is 40.9 Å². The van der Waals surface area contributed by atoms with Gasteiger partial charge in [0, 0.05) is 11.1 Å². The van der Waals surface area contributed by atoms with Gasteiger partial charge in [-0.25, -0.2) is 5.01 Å². The Labute approximate surface area is 176 Å². The van der Waals surface area contributed by atoms with Crippen molar-refractivity contribution in [3.05, 3.63) is 62.2 Å². The van der Waals surface area contributed by atoms with E-state index in [1.165, 1.54) is 25.3 Å². The van der Waals surface area contributed by atoms with Gasteiger partial charge >= 0.3 is 5.69 Å². The van der Waals surface area contributed by atoms with Crippen molar-refractivity contribution in [2.75, 3.05) is 18.7 Å². The zero-order chi connectivity index (χ0) is 22.0. The number of nitrogens with zero attached hydrogens (tertiary/aromatic N) is 2. The van der Waals surface area contributed by atoms with E-state index in [0.717, 1.165) is 10.6 Å². The number of carbonyl (C=O) groups is 2. The molecule has 1 saturated heterocycles. The fraction of sp³-hybridized carbons (Fsp3) is 0.200. The molecule has 1 heterocycles. The molecule has 156 valence electrons. The molecule has 0 atom stereocenters. The summed E-state index contributed by atoms with van der Waals surface area (Å²) in [4.78, 5) is 36.0. The largest absolute Gasteiger partial charge is 0.493 e. The SMILES string of the molecule is CCOc1c(OC)cc(/C=C2/C(=O)NN(c3ccc(C)c(Cl)c3)C2=O)cc1[N+](=O)[O-]. The number of hydrogen-bond donors (Lipinski definition) is 1. The molecule has 0 radical (unpaired) electrons. The van der Waals surface area contributed by atoms with Gasteiger partial charge in [-0.15, -0.1) is 0 Å². The highest BCUT2D eigenvalue weighted by molar-refractivity contribution is 6.33. The molecule has 1 aliphatic heterocycles. The fourth-order valence-electron chi connectivity index (χ4n) is 2.89. The molecule has 9 nitrogen and oxygen atoms in total. The monoisotopic (exact) mass is 431 g/mol. The van der Waals surface area contributed by atoms with Gasteiger partial charge < -0.3 is 9.47 Å². The van der Waals surface area contributed by atoms with E-state index < -0.39 is 16.7 Å². The molecule has 3 rings (SSSR count). The molecule has 2 amide bonds. The quantitative estimate of drug-likeness (QED) is 0.324. The standard InChI is InChI=1S/C20H18ClN3O6/c1-4-30-18-16(24(27)28)8-12(9-17(18)29-3)7-14-19(25)22-23(20(14)26)13-6-5-11(2)15(21)10-13/h5-10H,4H2,1-3H3,(H,22,25)/b14-7-. The van der Waals surface area contributed by atoms with Gasteiger partial charge in [0.1, 0.15) is 5.57 Å². The predicted octanol–water partition coefficient (Wildman–Crippen LogP) is 3.43. The highest BCUT2D eigenvalue weighted by atomic mass is 35.5. The zero-order valence-electron chi connectivity index (χ0n) is 16.4. The Morgan fingerprint density at radius 3 is 2.60 bits per heavy atom. The number of hydrazine groups is 1. The fourth-order valence-corrected chi connectivity index (χ4v) is 3.07. The number of hydrogen-bond acceptors (Lipinski definition) is 6. The lowest BCUT2D eigenvalue weighted by Crippen LogP contribution is -2.35. The first-order chi connectivity index (χ1) is 14.3. The van der Waals surface area contributed by atoms with Crippen molar-refractivity contribution in [3.8, 4) is 11.5 Å². The molecule has 2 aromatic rings. The van der Waals surface area contributed by atoms with E-state index in [9.17, 15) is 19.7 Å². The first-order valence-corrected chi connectivity index (χ1v) is 9.27. The third kappa shape index (κ3) is 3.92. The molecule has 2 aromatic carbocycles. The second-order valence-corrected chi connectivity index (χ2v) is 6.74. The Hall–Kier alpha value is -3.59. The molecule has 0 unspecified atom stereocenters. The van der Waals surface area contributed by atoms with E-state index in [1.54, 1.807) is 25.1 Å². The molecule has 1 aliphatic rings. The maximum Gasteiger partial charge on any atom is 0.315 e. The van der Waals surface area contributed by atoms with Gasteiger partial charge in [-0.05, 0) is 49.2 Å². The van der Waals surface area contributed by atoms with Crippen LogP contribution >= 0.6 is 11.6 Å². The van der Waals surface area contributed by atoms with Crippen molar-refractivity contribution in [1.29, 1.82) is 0 Å². The van der Waals surface area contributed by atoms with Crippen LogP contribution in [0.3, 0.4) is 0 Å². The summed E-state index contributed by atoms with van der Waals surface area (Å²) in [6, 6.07) is 7.60. The van der Waals surface area contributed by atoms with Crippen LogP contribution in [0, 0.1) is 17.0 Å². The van der Waals surface area contributed by atoms with Gasteiger partial charge in [-0.1, -0.05) is 17.7 Å². The average Bonchev–Trinajstić information content (AvgIpc) is 2.99. The molecule has 0 bridgehead atoms. The van der Waals surface area contributed by atoms with Gasteiger partial charge in [-0.3, -0.25) is 25.1 Å². The Balaban J connectivity index is 2.03. The first-order valence-electron chi connectivity index (χ1n) is 8.89. The van der Waals surface area contributed by atoms with Gasteiger partial charge in [0.15, 0.2) is 5.75 Å². The number of methoxy groups -OCH3 is 1. The summed E-state index contributed by atoms with van der Waals surface area (Å²) in [5.74, 6) is -1.17. The second kappa shape index (κ2) is 8.42. The molecule has 10 heteroatoms. The number of nitro groups is 1. The van der Waals surface area contributed by atoms with Gasteiger partial charge in [0.25, 0.3) is 11.8 Å². The highest BCUT2D eigenvalue weighted by Gasteiger charge is 2.35. The minimum Gasteiger partial charge on any atom is -0.493 e. The van der Waals surface area contributed by atoms with Gasteiger partial charge in [0.05, 0.1) is 24.3 Å². The van der Waals surface area contributed by atoms with Crippen molar-refractivity contribution in [2.24, 2.45) is 0 Å². The van der Waals surface area contributed by atoms with Crippen molar-refractivity contribution < 1.29 is 24.0 Å². The van der Waals surface area contributed by atoms with Crippen LogP contribution in [0.5, 0.6) is 11.5 Å². The van der Waals surface area contributed by atoms with E-state index in [-0.39, 0.29) is 34.9 Å². The Bertz CT molecular complexity index is 1080. The third-order valence-corrected chi connectivity index (χ3v) is 4.79. The van der Waals surface area contributed by atoms with Crippen LogP contribution in [0.1, 0.15) is 18.1 Å². The molecule has 0 aromatic heterocycles. The van der Waals surface area contributed by atoms with Crippen LogP contribution in [-0.2, 0) is 9.59 Å². The number of benzene rings is 2. The molecule has 0 saturated carbocycles. The van der Waals surface area contributed by atoms with Crippen LogP contribution in [0.2, 0.25) is 5.02 Å². The van der Waals surface area contributed by atoms with Crippen molar-refractivity contribution in [2.45, 2.75) is 13.8 Å². The van der Waals surface area contributed by atoms with Crippen LogP contribution in [0.25, 0.3) is 6.08 Å². The van der Waals surface area contributed by atoms with Gasteiger partial charge in [-0.2, -0.15) is 0 Å². The number of amides is 2.